The summed E-state index contributed by atoms with van der Waals surface area (Å²) in [5, 5.41) is 13.4. The summed E-state index contributed by atoms with van der Waals surface area (Å²) >= 11 is 16.1. The molecule has 208 valence electrons. The van der Waals surface area contributed by atoms with Crippen molar-refractivity contribution in [3.8, 4) is 17.1 Å². The number of amides is 1. The standard InChI is InChI=1S/C30H26Cl2N6OS2/c1-20-8-2-6-12-25(20)36-14-16-37(17-15-36)29(39)24-18-40-27(33-24)19-41-30-35-34-28(21-9-3-4-10-22(21)31)38(30)26-13-7-5-11-23(26)32/h2-13,18H,14-17,19H2,1H3. The number of carbonyl (C=O) groups excluding carboxylic acids is 1. The number of nitrogens with zero attached hydrogens (tertiary/aromatic N) is 6. The Morgan fingerprint density at radius 3 is 2.29 bits per heavy atom. The van der Waals surface area contributed by atoms with Crippen LogP contribution in [0.1, 0.15) is 21.1 Å². The Balaban J connectivity index is 1.16. The average Bonchev–Trinajstić information content (AvgIpc) is 3.64. The summed E-state index contributed by atoms with van der Waals surface area (Å²) in [7, 11) is 0. The van der Waals surface area contributed by atoms with Crippen LogP contribution in [0, 0.1) is 6.92 Å². The third-order valence-electron chi connectivity index (χ3n) is 6.96. The molecule has 1 aliphatic rings. The van der Waals surface area contributed by atoms with Crippen molar-refractivity contribution < 1.29 is 4.79 Å². The van der Waals surface area contributed by atoms with E-state index in [-0.39, 0.29) is 5.91 Å². The van der Waals surface area contributed by atoms with E-state index in [9.17, 15) is 4.79 Å². The predicted molar refractivity (Wildman–Crippen MR) is 168 cm³/mol. The number of halogens is 2. The van der Waals surface area contributed by atoms with Crippen molar-refractivity contribution in [2.75, 3.05) is 31.1 Å². The first-order valence-corrected chi connectivity index (χ1v) is 15.7. The fraction of sp³-hybridized carbons (Fsp3) is 0.200. The lowest BCUT2D eigenvalue weighted by Gasteiger charge is -2.36. The van der Waals surface area contributed by atoms with Gasteiger partial charge in [0, 0.05) is 42.8 Å². The van der Waals surface area contributed by atoms with Crippen molar-refractivity contribution in [2.24, 2.45) is 0 Å². The molecule has 3 heterocycles. The van der Waals surface area contributed by atoms with Crippen LogP contribution in [0.25, 0.3) is 17.1 Å². The molecule has 0 atom stereocenters. The highest BCUT2D eigenvalue weighted by Crippen LogP contribution is 2.35. The highest BCUT2D eigenvalue weighted by molar-refractivity contribution is 7.98. The molecule has 7 nitrogen and oxygen atoms in total. The summed E-state index contributed by atoms with van der Waals surface area (Å²) < 4.78 is 1.92. The van der Waals surface area contributed by atoms with Crippen LogP contribution in [-0.2, 0) is 5.75 Å². The van der Waals surface area contributed by atoms with Gasteiger partial charge in [-0.3, -0.25) is 9.36 Å². The maximum absolute atomic E-state index is 13.3. The number of hydrogen-bond acceptors (Lipinski definition) is 7. The SMILES string of the molecule is Cc1ccccc1N1CCN(C(=O)c2csc(CSc3nnc(-c4ccccc4Cl)n3-c3ccccc3Cl)n2)CC1. The molecular weight excluding hydrogens is 595 g/mol. The molecule has 1 aliphatic heterocycles. The molecule has 11 heteroatoms. The molecular formula is C30H26Cl2N6OS2. The van der Waals surface area contributed by atoms with E-state index >= 15 is 0 Å². The van der Waals surface area contributed by atoms with Gasteiger partial charge in [0.1, 0.15) is 10.7 Å². The first-order valence-electron chi connectivity index (χ1n) is 13.1. The molecule has 0 unspecified atom stereocenters. The smallest absolute Gasteiger partial charge is 0.273 e. The first-order chi connectivity index (χ1) is 20.0. The number of aryl methyl sites for hydroxylation is 1. The van der Waals surface area contributed by atoms with Crippen LogP contribution in [0.2, 0.25) is 10.0 Å². The summed E-state index contributed by atoms with van der Waals surface area (Å²) in [6.07, 6.45) is 0. The van der Waals surface area contributed by atoms with E-state index in [4.69, 9.17) is 23.2 Å². The van der Waals surface area contributed by atoms with Crippen LogP contribution < -0.4 is 4.90 Å². The van der Waals surface area contributed by atoms with Crippen molar-refractivity contribution >= 4 is 57.9 Å². The second-order valence-corrected chi connectivity index (χ2v) is 12.3. The van der Waals surface area contributed by atoms with Gasteiger partial charge in [-0.05, 0) is 42.8 Å². The molecule has 0 bridgehead atoms. The van der Waals surface area contributed by atoms with E-state index in [2.05, 4.69) is 51.3 Å². The monoisotopic (exact) mass is 620 g/mol. The van der Waals surface area contributed by atoms with Gasteiger partial charge in [0.25, 0.3) is 5.91 Å². The number of para-hydroxylation sites is 2. The molecule has 41 heavy (non-hydrogen) atoms. The molecule has 0 saturated carbocycles. The average molecular weight is 622 g/mol. The molecule has 1 amide bonds. The van der Waals surface area contributed by atoms with Crippen molar-refractivity contribution in [3.63, 3.8) is 0 Å². The van der Waals surface area contributed by atoms with Crippen molar-refractivity contribution in [1.29, 1.82) is 0 Å². The predicted octanol–water partition coefficient (Wildman–Crippen LogP) is 7.26. The normalized spacial score (nSPS) is 13.5. The molecule has 2 aromatic heterocycles. The minimum absolute atomic E-state index is 0.0258. The third-order valence-corrected chi connectivity index (χ3v) is 9.58. The Bertz CT molecular complexity index is 1700. The van der Waals surface area contributed by atoms with Gasteiger partial charge in [-0.25, -0.2) is 4.98 Å². The Labute approximate surface area is 256 Å². The zero-order valence-electron chi connectivity index (χ0n) is 22.2. The van der Waals surface area contributed by atoms with Gasteiger partial charge in [0.05, 0.1) is 21.5 Å². The third kappa shape index (κ3) is 5.85. The Morgan fingerprint density at radius 2 is 1.56 bits per heavy atom. The molecule has 0 radical (unpaired) electrons. The Kier molecular flexibility index (Phi) is 8.30. The quantitative estimate of drug-likeness (QED) is 0.178. The number of piperazine rings is 1. The highest BCUT2D eigenvalue weighted by Gasteiger charge is 2.25. The minimum atomic E-state index is -0.0258. The Hall–Kier alpha value is -3.37. The fourth-order valence-electron chi connectivity index (χ4n) is 4.86. The molecule has 3 aromatic carbocycles. The lowest BCUT2D eigenvalue weighted by molar-refractivity contribution is 0.0741. The number of thioether (sulfide) groups is 1. The summed E-state index contributed by atoms with van der Waals surface area (Å²) in [5.41, 5.74) is 4.49. The van der Waals surface area contributed by atoms with E-state index in [1.807, 2.05) is 63.4 Å². The van der Waals surface area contributed by atoms with Crippen LogP contribution in [0.4, 0.5) is 5.69 Å². The van der Waals surface area contributed by atoms with Gasteiger partial charge >= 0.3 is 0 Å². The molecule has 1 fully saturated rings. The molecule has 6 rings (SSSR count). The van der Waals surface area contributed by atoms with E-state index in [0.29, 0.717) is 45.6 Å². The minimum Gasteiger partial charge on any atom is -0.368 e. The number of rotatable bonds is 7. The maximum Gasteiger partial charge on any atom is 0.273 e. The van der Waals surface area contributed by atoms with Crippen molar-refractivity contribution in [2.45, 2.75) is 17.8 Å². The van der Waals surface area contributed by atoms with Gasteiger partial charge in [0.2, 0.25) is 0 Å². The van der Waals surface area contributed by atoms with Crippen LogP contribution in [-0.4, -0.2) is 56.7 Å². The van der Waals surface area contributed by atoms with Gasteiger partial charge in [-0.2, -0.15) is 0 Å². The van der Waals surface area contributed by atoms with E-state index in [1.54, 1.807) is 0 Å². The lowest BCUT2D eigenvalue weighted by Crippen LogP contribution is -2.49. The van der Waals surface area contributed by atoms with E-state index in [0.717, 1.165) is 29.3 Å². The van der Waals surface area contributed by atoms with Gasteiger partial charge in [0.15, 0.2) is 11.0 Å². The summed E-state index contributed by atoms with van der Waals surface area (Å²) in [6, 6.07) is 23.5. The largest absolute Gasteiger partial charge is 0.368 e. The van der Waals surface area contributed by atoms with E-state index < -0.39 is 0 Å². The molecule has 0 aliphatic carbocycles. The summed E-state index contributed by atoms with van der Waals surface area (Å²) in [4.78, 5) is 22.2. The number of hydrogen-bond donors (Lipinski definition) is 0. The van der Waals surface area contributed by atoms with Crippen LogP contribution >= 0.6 is 46.3 Å². The number of anilines is 1. The fourth-order valence-corrected chi connectivity index (χ4v) is 7.03. The first kappa shape index (κ1) is 27.8. The number of benzene rings is 3. The van der Waals surface area contributed by atoms with Gasteiger partial charge in [-0.15, -0.1) is 21.5 Å². The van der Waals surface area contributed by atoms with E-state index in [1.165, 1.54) is 34.3 Å². The van der Waals surface area contributed by atoms with Crippen molar-refractivity contribution in [3.05, 3.63) is 104 Å². The lowest BCUT2D eigenvalue weighted by atomic mass is 10.1. The number of carbonyl (C=O) groups is 1. The molecule has 0 N–H and O–H groups in total. The zero-order chi connectivity index (χ0) is 28.3. The maximum atomic E-state index is 13.3. The molecule has 1 saturated heterocycles. The summed E-state index contributed by atoms with van der Waals surface area (Å²) in [6.45, 7) is 5.06. The molecule has 5 aromatic rings. The van der Waals surface area contributed by atoms with Crippen LogP contribution in [0.15, 0.2) is 83.3 Å². The zero-order valence-corrected chi connectivity index (χ0v) is 25.3. The van der Waals surface area contributed by atoms with Gasteiger partial charge < -0.3 is 9.80 Å². The van der Waals surface area contributed by atoms with Crippen LogP contribution in [0.3, 0.4) is 0 Å². The number of aromatic nitrogens is 4. The second-order valence-electron chi connectivity index (χ2n) is 9.55. The topological polar surface area (TPSA) is 67.2 Å². The van der Waals surface area contributed by atoms with Crippen LogP contribution in [0.5, 0.6) is 0 Å². The van der Waals surface area contributed by atoms with Gasteiger partial charge in [-0.1, -0.05) is 77.4 Å². The number of thiazole rings is 1. The second kappa shape index (κ2) is 12.2. The molecule has 0 spiro atoms. The highest BCUT2D eigenvalue weighted by atomic mass is 35.5. The summed E-state index contributed by atoms with van der Waals surface area (Å²) in [5.74, 6) is 1.11. The Morgan fingerprint density at radius 1 is 0.878 bits per heavy atom. The van der Waals surface area contributed by atoms with Crippen molar-refractivity contribution in [1.82, 2.24) is 24.6 Å².